The normalized spacial score (nSPS) is 11.7. The number of rotatable bonds is 7. The van der Waals surface area contributed by atoms with Crippen LogP contribution in [0.15, 0.2) is 54.6 Å². The van der Waals surface area contributed by atoms with E-state index >= 15 is 0 Å². The first kappa shape index (κ1) is 23.9. The molecule has 0 amide bonds. The third-order valence-corrected chi connectivity index (χ3v) is 4.57. The summed E-state index contributed by atoms with van der Waals surface area (Å²) in [5.74, 6) is -5.42. The average molecular weight is 469 g/mol. The lowest BCUT2D eigenvalue weighted by molar-refractivity contribution is -0.188. The Morgan fingerprint density at radius 2 is 1.33 bits per heavy atom. The summed E-state index contributed by atoms with van der Waals surface area (Å²) in [6.45, 7) is 1.72. The number of hydrogen-bond donors (Lipinski definition) is 0. The molecule has 0 fully saturated rings. The van der Waals surface area contributed by atoms with Gasteiger partial charge in [-0.15, -0.1) is 0 Å². The van der Waals surface area contributed by atoms with Gasteiger partial charge in [0, 0.05) is 12.1 Å². The first-order valence-electron chi connectivity index (χ1n) is 9.39. The van der Waals surface area contributed by atoms with Gasteiger partial charge >= 0.3 is 12.2 Å². The zero-order valence-electron chi connectivity index (χ0n) is 16.8. The molecule has 33 heavy (non-hydrogen) atoms. The van der Waals surface area contributed by atoms with E-state index in [2.05, 4.69) is 9.47 Å². The van der Waals surface area contributed by atoms with Gasteiger partial charge < -0.3 is 9.47 Å². The van der Waals surface area contributed by atoms with Crippen molar-refractivity contribution in [2.75, 3.05) is 0 Å². The lowest BCUT2D eigenvalue weighted by Gasteiger charge is -2.21. The Hall–Kier alpha value is -3.74. The van der Waals surface area contributed by atoms with Crippen LogP contribution in [0.3, 0.4) is 0 Å². The van der Waals surface area contributed by atoms with E-state index in [1.54, 1.807) is 6.92 Å². The van der Waals surface area contributed by atoms with E-state index in [0.29, 0.717) is 36.2 Å². The molecule has 0 radical (unpaired) electrons. The zero-order chi connectivity index (χ0) is 24.4. The molecular formula is C23H14F7NO2. The lowest BCUT2D eigenvalue weighted by atomic mass is 10.1. The Bertz CT molecular complexity index is 1180. The van der Waals surface area contributed by atoms with Crippen molar-refractivity contribution in [1.82, 2.24) is 0 Å². The second-order valence-electron chi connectivity index (χ2n) is 6.80. The third-order valence-electron chi connectivity index (χ3n) is 4.57. The minimum Gasteiger partial charge on any atom is -0.429 e. The summed E-state index contributed by atoms with van der Waals surface area (Å²) in [5.41, 5.74) is -2.33. The van der Waals surface area contributed by atoms with Crippen LogP contribution in [-0.2, 0) is 18.6 Å². The van der Waals surface area contributed by atoms with E-state index < -0.39 is 57.9 Å². The number of benzene rings is 3. The molecule has 3 aromatic rings. The minimum atomic E-state index is -4.11. The highest BCUT2D eigenvalue weighted by atomic mass is 19.3. The maximum atomic E-state index is 14.4. The van der Waals surface area contributed by atoms with Crippen molar-refractivity contribution in [3.63, 3.8) is 0 Å². The molecular weight excluding hydrogens is 455 g/mol. The highest BCUT2D eigenvalue weighted by molar-refractivity contribution is 5.38. The Morgan fingerprint density at radius 1 is 0.758 bits per heavy atom. The molecule has 0 atom stereocenters. The van der Waals surface area contributed by atoms with Gasteiger partial charge in [0.25, 0.3) is 0 Å². The number of ether oxygens (including phenoxy) is 2. The second kappa shape index (κ2) is 9.02. The van der Waals surface area contributed by atoms with Crippen LogP contribution in [0.1, 0.15) is 29.2 Å². The molecule has 3 nitrogen and oxygen atoms in total. The fourth-order valence-corrected chi connectivity index (χ4v) is 2.86. The SMILES string of the molecule is CCc1ccc(C(F)(F)Oc2ccc(C(F)(F)Oc3cc(F)c(C#N)c(F)c3)cc2)c(F)c1. The van der Waals surface area contributed by atoms with Crippen LogP contribution in [0.2, 0.25) is 0 Å². The quantitative estimate of drug-likeness (QED) is 0.358. The van der Waals surface area contributed by atoms with E-state index in [-0.39, 0.29) is 0 Å². The van der Waals surface area contributed by atoms with Crippen LogP contribution >= 0.6 is 0 Å². The number of alkyl halides is 4. The number of nitriles is 1. The molecule has 10 heteroatoms. The topological polar surface area (TPSA) is 42.2 Å². The predicted octanol–water partition coefficient (Wildman–Crippen LogP) is 6.79. The van der Waals surface area contributed by atoms with Gasteiger partial charge in [-0.2, -0.15) is 22.8 Å². The summed E-state index contributed by atoms with van der Waals surface area (Å²) in [6, 6.07) is 8.13. The second-order valence-corrected chi connectivity index (χ2v) is 6.80. The first-order chi connectivity index (χ1) is 15.5. The summed E-state index contributed by atoms with van der Waals surface area (Å²) in [5, 5.41) is 8.61. The van der Waals surface area contributed by atoms with Crippen LogP contribution < -0.4 is 9.47 Å². The van der Waals surface area contributed by atoms with Gasteiger partial charge in [-0.1, -0.05) is 13.0 Å². The van der Waals surface area contributed by atoms with E-state index in [9.17, 15) is 30.7 Å². The molecule has 3 aromatic carbocycles. The van der Waals surface area contributed by atoms with Crippen molar-refractivity contribution < 1.29 is 40.2 Å². The monoisotopic (exact) mass is 469 g/mol. The van der Waals surface area contributed by atoms with Crippen molar-refractivity contribution in [3.05, 3.63) is 94.3 Å². The first-order valence-corrected chi connectivity index (χ1v) is 9.39. The van der Waals surface area contributed by atoms with Gasteiger partial charge in [0.2, 0.25) is 0 Å². The van der Waals surface area contributed by atoms with Gasteiger partial charge in [0.1, 0.15) is 40.6 Å². The summed E-state index contributed by atoms with van der Waals surface area (Å²) >= 11 is 0. The molecule has 172 valence electrons. The Labute approximate surface area is 183 Å². The van der Waals surface area contributed by atoms with Crippen molar-refractivity contribution >= 4 is 0 Å². The summed E-state index contributed by atoms with van der Waals surface area (Å²) in [7, 11) is 0. The van der Waals surface area contributed by atoms with Gasteiger partial charge in [-0.25, -0.2) is 13.2 Å². The van der Waals surface area contributed by atoms with Gasteiger partial charge in [0.05, 0.1) is 11.1 Å². The minimum absolute atomic E-state index is 0.409. The molecule has 0 aliphatic rings. The Kier molecular flexibility index (Phi) is 6.53. The smallest absolute Gasteiger partial charge is 0.429 e. The Morgan fingerprint density at radius 3 is 1.85 bits per heavy atom. The Balaban J connectivity index is 1.78. The van der Waals surface area contributed by atoms with Crippen LogP contribution in [0.25, 0.3) is 0 Å². The average Bonchev–Trinajstić information content (AvgIpc) is 2.73. The van der Waals surface area contributed by atoms with E-state index in [4.69, 9.17) is 5.26 Å². The number of hydrogen-bond acceptors (Lipinski definition) is 3. The van der Waals surface area contributed by atoms with Crippen LogP contribution in [0, 0.1) is 28.8 Å². The molecule has 0 N–H and O–H groups in total. The molecule has 0 aliphatic carbocycles. The fraction of sp³-hybridized carbons (Fsp3) is 0.174. The molecule has 3 rings (SSSR count). The van der Waals surface area contributed by atoms with Crippen molar-refractivity contribution in [3.8, 4) is 17.6 Å². The van der Waals surface area contributed by atoms with Gasteiger partial charge in [-0.05, 0) is 48.4 Å². The molecule has 0 aliphatic heterocycles. The van der Waals surface area contributed by atoms with Gasteiger partial charge in [-0.3, -0.25) is 0 Å². The van der Waals surface area contributed by atoms with E-state index in [1.165, 1.54) is 12.1 Å². The maximum Gasteiger partial charge on any atom is 0.429 e. The zero-order valence-corrected chi connectivity index (χ0v) is 16.8. The van der Waals surface area contributed by atoms with Crippen LogP contribution in [-0.4, -0.2) is 0 Å². The fourth-order valence-electron chi connectivity index (χ4n) is 2.86. The maximum absolute atomic E-state index is 14.4. The summed E-state index contributed by atoms with van der Waals surface area (Å²) in [4.78, 5) is 0. The van der Waals surface area contributed by atoms with Gasteiger partial charge in [0.15, 0.2) is 0 Å². The van der Waals surface area contributed by atoms with Crippen LogP contribution in [0.4, 0.5) is 30.7 Å². The number of halogens is 7. The molecule has 0 aromatic heterocycles. The van der Waals surface area contributed by atoms with Crippen molar-refractivity contribution in [2.45, 2.75) is 25.6 Å². The van der Waals surface area contributed by atoms with E-state index in [0.717, 1.165) is 24.3 Å². The third kappa shape index (κ3) is 5.19. The highest BCUT2D eigenvalue weighted by Crippen LogP contribution is 2.36. The predicted molar refractivity (Wildman–Crippen MR) is 102 cm³/mol. The van der Waals surface area contributed by atoms with Crippen molar-refractivity contribution in [2.24, 2.45) is 0 Å². The standard InChI is InChI=1S/C23H14F7NO2/c1-2-13-3-8-18(21(26)9-13)23(29,30)32-15-6-4-14(5-7-15)22(27,28)33-16-10-19(24)17(12-31)20(25)11-16/h3-11H,2H2,1H3. The molecule has 0 saturated carbocycles. The largest absolute Gasteiger partial charge is 0.429 e. The highest BCUT2D eigenvalue weighted by Gasteiger charge is 2.39. The molecule has 0 bridgehead atoms. The summed E-state index contributed by atoms with van der Waals surface area (Å²) in [6.07, 6.45) is -7.77. The molecule has 0 saturated heterocycles. The lowest BCUT2D eigenvalue weighted by Crippen LogP contribution is -2.24. The molecule has 0 spiro atoms. The summed E-state index contributed by atoms with van der Waals surface area (Å²) < 4.78 is 108. The number of nitrogens with zero attached hydrogens (tertiary/aromatic N) is 1. The van der Waals surface area contributed by atoms with Crippen LogP contribution in [0.5, 0.6) is 11.5 Å². The molecule has 0 heterocycles. The van der Waals surface area contributed by atoms with Crippen molar-refractivity contribution in [1.29, 1.82) is 5.26 Å². The molecule has 0 unspecified atom stereocenters. The van der Waals surface area contributed by atoms with E-state index in [1.807, 2.05) is 0 Å². The number of aryl methyl sites for hydroxylation is 1.